The predicted octanol–water partition coefficient (Wildman–Crippen LogP) is 3.58. The number of halogens is 2. The normalized spacial score (nSPS) is 10.6. The molecule has 1 heterocycles. The lowest BCUT2D eigenvalue weighted by atomic mass is 10.3. The first kappa shape index (κ1) is 20.1. The third-order valence-corrected chi connectivity index (χ3v) is 4.92. The van der Waals surface area contributed by atoms with Crippen molar-refractivity contribution in [3.63, 3.8) is 0 Å². The van der Waals surface area contributed by atoms with Crippen molar-refractivity contribution in [2.24, 2.45) is 0 Å². The van der Waals surface area contributed by atoms with Gasteiger partial charge in [0.1, 0.15) is 5.75 Å². The number of aromatic nitrogens is 1. The maximum absolute atomic E-state index is 12.1. The fraction of sp³-hybridized carbons (Fsp3) is 0.312. The molecule has 0 atom stereocenters. The number of rotatable bonds is 9. The van der Waals surface area contributed by atoms with Crippen LogP contribution in [0.3, 0.4) is 0 Å². The molecule has 2 rings (SSSR count). The number of benzene rings is 1. The highest BCUT2D eigenvalue weighted by Crippen LogP contribution is 2.23. The zero-order valence-electron chi connectivity index (χ0n) is 13.7. The van der Waals surface area contributed by atoms with E-state index in [1.54, 1.807) is 12.3 Å². The zero-order valence-corrected chi connectivity index (χ0v) is 15.4. The van der Waals surface area contributed by atoms with Crippen LogP contribution in [0, 0.1) is 0 Å². The van der Waals surface area contributed by atoms with Crippen molar-refractivity contribution in [1.29, 1.82) is 0 Å². The van der Waals surface area contributed by atoms with Gasteiger partial charge in [-0.05, 0) is 31.2 Å². The molecule has 0 saturated heterocycles. The van der Waals surface area contributed by atoms with Crippen LogP contribution in [0.25, 0.3) is 0 Å². The van der Waals surface area contributed by atoms with Crippen LogP contribution in [-0.4, -0.2) is 35.8 Å². The summed E-state index contributed by atoms with van der Waals surface area (Å²) in [4.78, 5) is 27.6. The Morgan fingerprint density at radius 2 is 2.04 bits per heavy atom. The van der Waals surface area contributed by atoms with Gasteiger partial charge < -0.3 is 14.8 Å². The molecular weight excluding hydrogens is 386 g/mol. The first-order valence-electron chi connectivity index (χ1n) is 7.53. The van der Waals surface area contributed by atoms with Gasteiger partial charge in [0.05, 0.1) is 24.5 Å². The summed E-state index contributed by atoms with van der Waals surface area (Å²) in [6, 6.07) is 5.64. The number of ether oxygens (including phenoxy) is 2. The van der Waals surface area contributed by atoms with Gasteiger partial charge in [0.25, 0.3) is 0 Å². The Morgan fingerprint density at radius 3 is 2.69 bits per heavy atom. The number of nitrogens with one attached hydrogen (secondary N) is 1. The van der Waals surface area contributed by atoms with Crippen molar-refractivity contribution < 1.29 is 27.8 Å². The summed E-state index contributed by atoms with van der Waals surface area (Å²) in [5.41, 5.74) is 1.07. The van der Waals surface area contributed by atoms with E-state index in [2.05, 4.69) is 15.0 Å². The molecule has 0 spiro atoms. The number of hydrogen-bond donors (Lipinski definition) is 1. The van der Waals surface area contributed by atoms with Gasteiger partial charge in [-0.1, -0.05) is 11.8 Å². The van der Waals surface area contributed by atoms with Gasteiger partial charge in [-0.25, -0.2) is 4.98 Å². The predicted molar refractivity (Wildman–Crippen MR) is 94.9 cm³/mol. The average Bonchev–Trinajstić information content (AvgIpc) is 3.02. The minimum absolute atomic E-state index is 0.0179. The van der Waals surface area contributed by atoms with Gasteiger partial charge in [-0.15, -0.1) is 11.3 Å². The van der Waals surface area contributed by atoms with Crippen LogP contribution < -0.4 is 10.1 Å². The Kier molecular flexibility index (Phi) is 7.79. The third kappa shape index (κ3) is 6.96. The SMILES string of the molecule is CCOC(=O)Cc1csc(SCC(=O)Nc2ccc(OC(F)F)cc2)n1. The van der Waals surface area contributed by atoms with Crippen LogP contribution in [0.5, 0.6) is 5.75 Å². The van der Waals surface area contributed by atoms with Crippen molar-refractivity contribution in [3.05, 3.63) is 35.3 Å². The van der Waals surface area contributed by atoms with Crippen molar-refractivity contribution >= 4 is 40.7 Å². The molecule has 2 aromatic rings. The van der Waals surface area contributed by atoms with Crippen molar-refractivity contribution in [2.75, 3.05) is 17.7 Å². The Bertz CT molecular complexity index is 738. The first-order chi connectivity index (χ1) is 12.5. The fourth-order valence-electron chi connectivity index (χ4n) is 1.84. The Balaban J connectivity index is 1.78. The number of thiazole rings is 1. The number of amides is 1. The number of nitrogens with zero attached hydrogens (tertiary/aromatic N) is 1. The monoisotopic (exact) mass is 402 g/mol. The first-order valence-corrected chi connectivity index (χ1v) is 9.40. The van der Waals surface area contributed by atoms with Gasteiger partial charge in [0, 0.05) is 11.1 Å². The van der Waals surface area contributed by atoms with Gasteiger partial charge in [0.2, 0.25) is 5.91 Å². The zero-order chi connectivity index (χ0) is 18.9. The Labute approximate surface area is 156 Å². The summed E-state index contributed by atoms with van der Waals surface area (Å²) < 4.78 is 33.9. The number of carbonyl (C=O) groups excluding carboxylic acids is 2. The van der Waals surface area contributed by atoms with E-state index in [9.17, 15) is 18.4 Å². The van der Waals surface area contributed by atoms with E-state index in [4.69, 9.17) is 4.74 Å². The van der Waals surface area contributed by atoms with Gasteiger partial charge in [0.15, 0.2) is 4.34 Å². The van der Waals surface area contributed by atoms with E-state index in [0.717, 1.165) is 0 Å². The van der Waals surface area contributed by atoms with E-state index in [1.807, 2.05) is 0 Å². The molecular formula is C16H16F2N2O4S2. The lowest BCUT2D eigenvalue weighted by Gasteiger charge is -2.07. The minimum Gasteiger partial charge on any atom is -0.466 e. The number of carbonyl (C=O) groups is 2. The second-order valence-corrected chi connectivity index (χ2v) is 6.91. The summed E-state index contributed by atoms with van der Waals surface area (Å²) in [5.74, 6) is -0.461. The highest BCUT2D eigenvalue weighted by Gasteiger charge is 2.11. The maximum atomic E-state index is 12.1. The fourth-order valence-corrected chi connectivity index (χ4v) is 3.48. The second-order valence-electron chi connectivity index (χ2n) is 4.83. The van der Waals surface area contributed by atoms with E-state index >= 15 is 0 Å². The van der Waals surface area contributed by atoms with Gasteiger partial charge in [-0.2, -0.15) is 8.78 Å². The maximum Gasteiger partial charge on any atom is 0.387 e. The molecule has 0 radical (unpaired) electrons. The average molecular weight is 402 g/mol. The van der Waals surface area contributed by atoms with Crippen molar-refractivity contribution in [3.8, 4) is 5.75 Å². The number of esters is 1. The van der Waals surface area contributed by atoms with Crippen LogP contribution in [0.15, 0.2) is 34.0 Å². The van der Waals surface area contributed by atoms with Gasteiger partial charge >= 0.3 is 12.6 Å². The van der Waals surface area contributed by atoms with Crippen LogP contribution in [0.1, 0.15) is 12.6 Å². The van der Waals surface area contributed by atoms with E-state index in [0.29, 0.717) is 22.3 Å². The molecule has 1 aromatic carbocycles. The third-order valence-electron chi connectivity index (χ3n) is 2.85. The molecule has 6 nitrogen and oxygen atoms in total. The summed E-state index contributed by atoms with van der Waals surface area (Å²) in [6.07, 6.45) is 0.101. The lowest BCUT2D eigenvalue weighted by molar-refractivity contribution is -0.142. The molecule has 10 heteroatoms. The summed E-state index contributed by atoms with van der Waals surface area (Å²) in [5, 5.41) is 4.40. The molecule has 1 aromatic heterocycles. The molecule has 0 fully saturated rings. The summed E-state index contributed by atoms with van der Waals surface area (Å²) >= 11 is 2.58. The van der Waals surface area contributed by atoms with E-state index < -0.39 is 6.61 Å². The molecule has 0 bridgehead atoms. The number of anilines is 1. The molecule has 0 saturated carbocycles. The van der Waals surface area contributed by atoms with Crippen molar-refractivity contribution in [1.82, 2.24) is 4.98 Å². The largest absolute Gasteiger partial charge is 0.466 e. The minimum atomic E-state index is -2.89. The van der Waals surface area contributed by atoms with Crippen LogP contribution >= 0.6 is 23.1 Å². The highest BCUT2D eigenvalue weighted by molar-refractivity contribution is 8.01. The van der Waals surface area contributed by atoms with E-state index in [1.165, 1.54) is 47.4 Å². The Morgan fingerprint density at radius 1 is 1.31 bits per heavy atom. The topological polar surface area (TPSA) is 77.5 Å². The molecule has 0 aliphatic rings. The lowest BCUT2D eigenvalue weighted by Crippen LogP contribution is -2.14. The highest BCUT2D eigenvalue weighted by atomic mass is 32.2. The number of thioether (sulfide) groups is 1. The summed E-state index contributed by atoms with van der Waals surface area (Å²) in [6.45, 7) is -0.836. The molecule has 1 amide bonds. The van der Waals surface area contributed by atoms with Crippen molar-refractivity contribution in [2.45, 2.75) is 24.3 Å². The van der Waals surface area contributed by atoms with Crippen LogP contribution in [0.2, 0.25) is 0 Å². The smallest absolute Gasteiger partial charge is 0.387 e. The summed E-state index contributed by atoms with van der Waals surface area (Å²) in [7, 11) is 0. The van der Waals surface area contributed by atoms with E-state index in [-0.39, 0.29) is 29.8 Å². The second kappa shape index (κ2) is 10.1. The number of alkyl halides is 2. The number of hydrogen-bond acceptors (Lipinski definition) is 7. The standard InChI is InChI=1S/C16H16F2N2O4S2/c1-2-23-14(22)7-11-8-25-16(20-11)26-9-13(21)19-10-3-5-12(6-4-10)24-15(17)18/h3-6,8,15H,2,7,9H2,1H3,(H,19,21). The quantitative estimate of drug-likeness (QED) is 0.510. The molecule has 0 aliphatic carbocycles. The molecule has 0 unspecified atom stereocenters. The molecule has 0 aliphatic heterocycles. The molecule has 26 heavy (non-hydrogen) atoms. The molecule has 140 valence electrons. The Hall–Kier alpha value is -2.20. The van der Waals surface area contributed by atoms with Crippen LogP contribution in [-0.2, 0) is 20.7 Å². The van der Waals surface area contributed by atoms with Gasteiger partial charge in [-0.3, -0.25) is 9.59 Å². The molecule has 1 N–H and O–H groups in total. The van der Waals surface area contributed by atoms with Crippen LogP contribution in [0.4, 0.5) is 14.5 Å².